The van der Waals surface area contributed by atoms with E-state index in [9.17, 15) is 9.90 Å². The summed E-state index contributed by atoms with van der Waals surface area (Å²) in [6.45, 7) is 3.27. The molecule has 0 unspecified atom stereocenters. The van der Waals surface area contributed by atoms with Gasteiger partial charge in [0.1, 0.15) is 5.75 Å². The summed E-state index contributed by atoms with van der Waals surface area (Å²) in [5.41, 5.74) is 10.9. The van der Waals surface area contributed by atoms with Gasteiger partial charge in [-0.3, -0.25) is 9.69 Å². The minimum Gasteiger partial charge on any atom is -0.506 e. The van der Waals surface area contributed by atoms with Crippen molar-refractivity contribution in [2.75, 3.05) is 18.8 Å². The Balaban J connectivity index is 1.51. The van der Waals surface area contributed by atoms with Gasteiger partial charge >= 0.3 is 0 Å². The maximum atomic E-state index is 12.3. The van der Waals surface area contributed by atoms with E-state index in [0.717, 1.165) is 30.6 Å². The van der Waals surface area contributed by atoms with Crippen LogP contribution in [-0.2, 0) is 6.54 Å². The smallest absolute Gasteiger partial charge is 0.271 e. The molecule has 1 aliphatic heterocycles. The van der Waals surface area contributed by atoms with Crippen molar-refractivity contribution in [3.63, 3.8) is 0 Å². The van der Waals surface area contributed by atoms with Crippen molar-refractivity contribution in [2.45, 2.75) is 25.8 Å². The van der Waals surface area contributed by atoms with E-state index >= 15 is 0 Å². The first-order chi connectivity index (χ1) is 14.6. The zero-order valence-corrected chi connectivity index (χ0v) is 16.8. The van der Waals surface area contributed by atoms with Crippen LogP contribution < -0.4 is 11.2 Å². The summed E-state index contributed by atoms with van der Waals surface area (Å²) < 4.78 is 0. The minimum absolute atomic E-state index is 0.0498. The van der Waals surface area contributed by atoms with Gasteiger partial charge in [0.2, 0.25) is 0 Å². The second-order valence-corrected chi connectivity index (χ2v) is 7.67. The van der Waals surface area contributed by atoms with Crippen LogP contribution in [0.3, 0.4) is 0 Å². The Labute approximate surface area is 176 Å². The number of nitrogen functional groups attached to an aromatic ring is 1. The van der Waals surface area contributed by atoms with Gasteiger partial charge in [0, 0.05) is 17.7 Å². The third kappa shape index (κ3) is 4.44. The lowest BCUT2D eigenvalue weighted by atomic mass is 9.99. The van der Waals surface area contributed by atoms with Gasteiger partial charge < -0.3 is 10.8 Å². The van der Waals surface area contributed by atoms with E-state index in [0.29, 0.717) is 5.56 Å². The molecule has 6 heteroatoms. The first kappa shape index (κ1) is 19.9. The Hall–Kier alpha value is -3.38. The number of benzene rings is 3. The summed E-state index contributed by atoms with van der Waals surface area (Å²) in [6.07, 6.45) is 5.54. The monoisotopic (exact) mass is 402 g/mol. The number of phenolic OH excluding ortho intramolecular Hbond substituents is 1. The summed E-state index contributed by atoms with van der Waals surface area (Å²) in [6, 6.07) is 16.8. The number of likely N-dealkylation sites (tertiary alicyclic amines) is 1. The number of nitrogens with zero attached hydrogens (tertiary/aromatic N) is 2. The number of phenols is 1. The van der Waals surface area contributed by atoms with Gasteiger partial charge in [-0.1, -0.05) is 42.8 Å². The molecule has 1 heterocycles. The van der Waals surface area contributed by atoms with E-state index in [-0.39, 0.29) is 17.3 Å². The largest absolute Gasteiger partial charge is 0.506 e. The Morgan fingerprint density at radius 2 is 1.83 bits per heavy atom. The molecule has 1 amide bonds. The van der Waals surface area contributed by atoms with Gasteiger partial charge in [0.05, 0.1) is 11.9 Å². The maximum Gasteiger partial charge on any atom is 0.271 e. The molecule has 0 atom stereocenters. The molecule has 3 aromatic rings. The lowest BCUT2D eigenvalue weighted by molar-refractivity contribution is 0.0955. The van der Waals surface area contributed by atoms with Crippen LogP contribution in [0.1, 0.15) is 40.7 Å². The number of piperidine rings is 1. The molecule has 1 saturated heterocycles. The van der Waals surface area contributed by atoms with E-state index < -0.39 is 0 Å². The number of nitrogens with two attached hydrogens (primary N) is 1. The fraction of sp³-hybridized carbons (Fsp3) is 0.250. The quantitative estimate of drug-likeness (QED) is 0.261. The van der Waals surface area contributed by atoms with Gasteiger partial charge in [0.25, 0.3) is 5.91 Å². The Morgan fingerprint density at radius 1 is 1.07 bits per heavy atom. The van der Waals surface area contributed by atoms with E-state index in [2.05, 4.69) is 39.7 Å². The summed E-state index contributed by atoms with van der Waals surface area (Å²) >= 11 is 0. The molecule has 4 N–H and O–H groups in total. The highest BCUT2D eigenvalue weighted by Crippen LogP contribution is 2.24. The molecule has 1 fully saturated rings. The first-order valence-corrected chi connectivity index (χ1v) is 10.3. The van der Waals surface area contributed by atoms with Crippen LogP contribution in [0.4, 0.5) is 5.69 Å². The number of hydrogen-bond donors (Lipinski definition) is 3. The van der Waals surface area contributed by atoms with Gasteiger partial charge in [-0.2, -0.15) is 5.10 Å². The van der Waals surface area contributed by atoms with Crippen LogP contribution >= 0.6 is 0 Å². The number of anilines is 1. The third-order valence-corrected chi connectivity index (χ3v) is 5.55. The molecule has 0 aliphatic carbocycles. The van der Waals surface area contributed by atoms with Gasteiger partial charge in [-0.05, 0) is 60.5 Å². The molecule has 6 nitrogen and oxygen atoms in total. The van der Waals surface area contributed by atoms with Crippen LogP contribution in [0.25, 0.3) is 10.8 Å². The zero-order valence-electron chi connectivity index (χ0n) is 16.8. The van der Waals surface area contributed by atoms with Gasteiger partial charge in [-0.25, -0.2) is 5.43 Å². The number of hydrazone groups is 1. The van der Waals surface area contributed by atoms with E-state index in [1.54, 1.807) is 6.21 Å². The fourth-order valence-electron chi connectivity index (χ4n) is 3.93. The third-order valence-electron chi connectivity index (χ3n) is 5.55. The number of fused-ring (bicyclic) bond motifs is 1. The zero-order chi connectivity index (χ0) is 20.9. The summed E-state index contributed by atoms with van der Waals surface area (Å²) in [5, 5.41) is 15.9. The molecule has 0 radical (unpaired) electrons. The van der Waals surface area contributed by atoms with E-state index in [1.165, 1.54) is 48.4 Å². The van der Waals surface area contributed by atoms with E-state index in [4.69, 9.17) is 5.73 Å². The van der Waals surface area contributed by atoms with E-state index in [1.807, 2.05) is 12.1 Å². The van der Waals surface area contributed by atoms with Gasteiger partial charge in [0.15, 0.2) is 0 Å². The Bertz CT molecular complexity index is 1090. The van der Waals surface area contributed by atoms with Gasteiger partial charge in [-0.15, -0.1) is 0 Å². The molecule has 0 aromatic heterocycles. The number of amides is 1. The highest BCUT2D eigenvalue weighted by atomic mass is 16.3. The Kier molecular flexibility index (Phi) is 5.95. The molecule has 1 aliphatic rings. The number of hydrogen-bond acceptors (Lipinski definition) is 5. The highest BCUT2D eigenvalue weighted by Gasteiger charge is 2.12. The molecular weight excluding hydrogens is 376 g/mol. The highest BCUT2D eigenvalue weighted by molar-refractivity contribution is 6.02. The van der Waals surface area contributed by atoms with Crippen LogP contribution in [-0.4, -0.2) is 35.2 Å². The lowest BCUT2D eigenvalue weighted by Gasteiger charge is -2.27. The van der Waals surface area contributed by atoms with Crippen LogP contribution in [0.2, 0.25) is 0 Å². The molecule has 30 heavy (non-hydrogen) atoms. The predicted octanol–water partition coefficient (Wildman–Crippen LogP) is 3.88. The number of rotatable bonds is 5. The van der Waals surface area contributed by atoms with Crippen LogP contribution in [0.15, 0.2) is 59.7 Å². The first-order valence-electron chi connectivity index (χ1n) is 10.3. The average molecular weight is 402 g/mol. The normalized spacial score (nSPS) is 14.9. The van der Waals surface area contributed by atoms with Crippen molar-refractivity contribution in [3.8, 4) is 5.75 Å². The van der Waals surface area contributed by atoms with Crippen molar-refractivity contribution >= 4 is 28.6 Å². The number of nitrogens with one attached hydrogen (secondary N) is 1. The molecule has 154 valence electrons. The fourth-order valence-corrected chi connectivity index (χ4v) is 3.93. The molecule has 3 aromatic carbocycles. The summed E-state index contributed by atoms with van der Waals surface area (Å²) in [4.78, 5) is 14.8. The van der Waals surface area contributed by atoms with Crippen LogP contribution in [0, 0.1) is 0 Å². The second-order valence-electron chi connectivity index (χ2n) is 7.67. The Morgan fingerprint density at radius 3 is 2.63 bits per heavy atom. The summed E-state index contributed by atoms with van der Waals surface area (Å²) in [7, 11) is 0. The number of aromatic hydroxyl groups is 1. The van der Waals surface area contributed by atoms with Crippen molar-refractivity contribution in [2.24, 2.45) is 5.10 Å². The predicted molar refractivity (Wildman–Crippen MR) is 121 cm³/mol. The van der Waals surface area contributed by atoms with Crippen molar-refractivity contribution < 1.29 is 9.90 Å². The van der Waals surface area contributed by atoms with Crippen molar-refractivity contribution in [3.05, 3.63) is 71.3 Å². The second kappa shape index (κ2) is 8.97. The topological polar surface area (TPSA) is 91.0 Å². The number of carbonyl (C=O) groups is 1. The molecule has 0 spiro atoms. The molecular formula is C24H26N4O2. The standard InChI is InChI=1S/C24H26N4O2/c25-22-14-17(10-11-23(22)29)24(30)27-26-15-18-6-4-9-21-19(7-5-8-20(18)21)16-28-12-2-1-3-13-28/h4-11,14-15,29H,1-3,12-13,16,25H2,(H,27,30)/b26-15+. The SMILES string of the molecule is Nc1cc(C(=O)N/N=C/c2cccc3c(CN4CCCCC4)cccc23)ccc1O. The lowest BCUT2D eigenvalue weighted by Crippen LogP contribution is -2.29. The van der Waals surface area contributed by atoms with Crippen LogP contribution in [0.5, 0.6) is 5.75 Å². The molecule has 0 saturated carbocycles. The summed E-state index contributed by atoms with van der Waals surface area (Å²) in [5.74, 6) is -0.435. The molecule has 4 rings (SSSR count). The maximum absolute atomic E-state index is 12.3. The number of carbonyl (C=O) groups excluding carboxylic acids is 1. The van der Waals surface area contributed by atoms with Crippen molar-refractivity contribution in [1.29, 1.82) is 0 Å². The minimum atomic E-state index is -0.385. The average Bonchev–Trinajstić information content (AvgIpc) is 2.77. The van der Waals surface area contributed by atoms with Crippen molar-refractivity contribution in [1.82, 2.24) is 10.3 Å². The molecule has 0 bridgehead atoms.